The molecule has 0 radical (unpaired) electrons. The number of amides is 3. The largest absolute Gasteiger partial charge is 0.460 e. The third-order valence-electron chi connectivity index (χ3n) is 8.63. The van der Waals surface area contributed by atoms with Crippen molar-refractivity contribution in [3.63, 3.8) is 0 Å². The number of hydrogen-bond donors (Lipinski definition) is 2. The molecule has 3 saturated heterocycles. The third kappa shape index (κ3) is 6.37. The minimum Gasteiger partial charge on any atom is -0.460 e. The van der Waals surface area contributed by atoms with E-state index in [0.717, 1.165) is 5.56 Å². The molecular weight excluding hydrogens is 574 g/mol. The number of nitrogens with zero attached hydrogens (tertiary/aromatic N) is 2. The van der Waals surface area contributed by atoms with Crippen molar-refractivity contribution in [1.29, 1.82) is 0 Å². The quantitative estimate of drug-likeness (QED) is 0.176. The SMILES string of the molecule is C=CCCC(=O)NC[C@H](C)OC(=O)[C@@H]1[C@H]2C(=O)N(CCCCO)[C@H](C(=O)N(CC=C)c3c(C)cccc3Cl)[C@]23CC[C@H]1O3. The molecule has 6 atom stereocenters. The number of para-hydroxylation sites is 1. The first kappa shape index (κ1) is 32.7. The first-order valence-corrected chi connectivity index (χ1v) is 15.3. The number of aliphatic hydroxyl groups is 1. The third-order valence-corrected chi connectivity index (χ3v) is 8.93. The van der Waals surface area contributed by atoms with E-state index in [1.807, 2.05) is 13.0 Å². The highest BCUT2D eigenvalue weighted by Gasteiger charge is 2.75. The van der Waals surface area contributed by atoms with Gasteiger partial charge in [0, 0.05) is 26.1 Å². The number of carbonyl (C=O) groups is 4. The van der Waals surface area contributed by atoms with Gasteiger partial charge in [0.25, 0.3) is 5.91 Å². The van der Waals surface area contributed by atoms with Crippen LogP contribution in [-0.2, 0) is 28.7 Å². The summed E-state index contributed by atoms with van der Waals surface area (Å²) < 4.78 is 12.2. The molecule has 2 bridgehead atoms. The lowest BCUT2D eigenvalue weighted by atomic mass is 9.70. The Kier molecular flexibility index (Phi) is 10.7. The topological polar surface area (TPSA) is 125 Å². The predicted octanol–water partition coefficient (Wildman–Crippen LogP) is 3.33. The van der Waals surface area contributed by atoms with E-state index in [4.69, 9.17) is 21.1 Å². The highest BCUT2D eigenvalue weighted by Crippen LogP contribution is 2.59. The van der Waals surface area contributed by atoms with Crippen LogP contribution in [-0.4, -0.2) is 83.8 Å². The van der Waals surface area contributed by atoms with Gasteiger partial charge in [0.1, 0.15) is 17.7 Å². The van der Waals surface area contributed by atoms with E-state index in [-0.39, 0.29) is 44.0 Å². The summed E-state index contributed by atoms with van der Waals surface area (Å²) >= 11 is 6.59. The molecule has 2 N–H and O–H groups in total. The van der Waals surface area contributed by atoms with Crippen molar-refractivity contribution in [2.45, 2.75) is 76.2 Å². The average Bonchev–Trinajstić information content (AvgIpc) is 3.61. The molecule has 11 heteroatoms. The number of esters is 1. The van der Waals surface area contributed by atoms with Gasteiger partial charge in [0.15, 0.2) is 0 Å². The van der Waals surface area contributed by atoms with Gasteiger partial charge in [-0.1, -0.05) is 35.9 Å². The summed E-state index contributed by atoms with van der Waals surface area (Å²) in [5, 5.41) is 12.6. The molecule has 1 aromatic carbocycles. The maximum atomic E-state index is 14.6. The Balaban J connectivity index is 1.62. The predicted molar refractivity (Wildman–Crippen MR) is 162 cm³/mol. The van der Waals surface area contributed by atoms with Crippen LogP contribution in [0.1, 0.15) is 51.0 Å². The first-order valence-electron chi connectivity index (χ1n) is 15.0. The summed E-state index contributed by atoms with van der Waals surface area (Å²) in [5.41, 5.74) is 0.110. The first-order chi connectivity index (χ1) is 20.6. The van der Waals surface area contributed by atoms with Crippen LogP contribution >= 0.6 is 11.6 Å². The minimum atomic E-state index is -1.21. The maximum absolute atomic E-state index is 14.6. The van der Waals surface area contributed by atoms with Gasteiger partial charge in [-0.05, 0) is 57.6 Å². The molecule has 3 heterocycles. The summed E-state index contributed by atoms with van der Waals surface area (Å²) in [4.78, 5) is 57.4. The van der Waals surface area contributed by atoms with Crippen LogP contribution in [0, 0.1) is 18.8 Å². The fourth-order valence-electron chi connectivity index (χ4n) is 6.77. The standard InChI is InChI=1S/C32H42ClN3O7/c1-5-7-13-24(38)34-19-21(4)42-31(41)25-23-14-15-32(43-23)26(25)29(39)36(17-8-9-18-37)28(32)30(40)35(16-6-2)27-20(3)11-10-12-22(27)33/h5-6,10-12,21,23,25-26,28,37H,1-2,7-9,13-19H2,3-4H3,(H,34,38)/t21-,23+,25-,26-,28+,32-/m0/s1. The Morgan fingerprint density at radius 3 is 2.74 bits per heavy atom. The maximum Gasteiger partial charge on any atom is 0.312 e. The second kappa shape index (κ2) is 14.1. The van der Waals surface area contributed by atoms with E-state index in [2.05, 4.69) is 18.5 Å². The van der Waals surface area contributed by atoms with Crippen molar-refractivity contribution in [3.05, 3.63) is 54.1 Å². The number of fused-ring (bicyclic) bond motifs is 1. The van der Waals surface area contributed by atoms with Gasteiger partial charge in [0.05, 0.1) is 35.2 Å². The van der Waals surface area contributed by atoms with E-state index >= 15 is 0 Å². The molecule has 3 aliphatic heterocycles. The Hall–Kier alpha value is -3.21. The molecule has 3 amide bonds. The Morgan fingerprint density at radius 2 is 2.07 bits per heavy atom. The number of nitrogens with one attached hydrogen (secondary N) is 1. The average molecular weight is 616 g/mol. The lowest BCUT2D eigenvalue weighted by molar-refractivity contribution is -0.159. The molecular formula is C32H42ClN3O7. The Labute approximate surface area is 258 Å². The minimum absolute atomic E-state index is 0.0494. The van der Waals surface area contributed by atoms with E-state index in [9.17, 15) is 24.3 Å². The van der Waals surface area contributed by atoms with Gasteiger partial charge in [-0.25, -0.2) is 0 Å². The van der Waals surface area contributed by atoms with E-state index in [1.165, 1.54) is 9.80 Å². The van der Waals surface area contributed by atoms with E-state index in [0.29, 0.717) is 49.2 Å². The van der Waals surface area contributed by atoms with Crippen LogP contribution in [0.2, 0.25) is 5.02 Å². The van der Waals surface area contributed by atoms with Gasteiger partial charge in [-0.15, -0.1) is 13.2 Å². The van der Waals surface area contributed by atoms with Crippen LogP contribution in [0.4, 0.5) is 5.69 Å². The van der Waals surface area contributed by atoms with Crippen molar-refractivity contribution >= 4 is 41.0 Å². The fourth-order valence-corrected chi connectivity index (χ4v) is 7.09. The van der Waals surface area contributed by atoms with Crippen molar-refractivity contribution < 1.29 is 33.8 Å². The van der Waals surface area contributed by atoms with Crippen LogP contribution in [0.5, 0.6) is 0 Å². The second-order valence-electron chi connectivity index (χ2n) is 11.5. The van der Waals surface area contributed by atoms with Crippen molar-refractivity contribution in [3.8, 4) is 0 Å². The van der Waals surface area contributed by atoms with Gasteiger partial charge >= 0.3 is 5.97 Å². The number of aryl methyl sites for hydroxylation is 1. The highest BCUT2D eigenvalue weighted by atomic mass is 35.5. The Morgan fingerprint density at radius 1 is 1.30 bits per heavy atom. The molecule has 3 aliphatic rings. The smallest absolute Gasteiger partial charge is 0.312 e. The summed E-state index contributed by atoms with van der Waals surface area (Å²) in [7, 11) is 0. The number of hydrogen-bond acceptors (Lipinski definition) is 7. The summed E-state index contributed by atoms with van der Waals surface area (Å²) in [5.74, 6) is -3.22. The summed E-state index contributed by atoms with van der Waals surface area (Å²) in [6.07, 6.45) is 4.76. The van der Waals surface area contributed by atoms with E-state index < -0.39 is 41.7 Å². The van der Waals surface area contributed by atoms with Crippen LogP contribution in [0.3, 0.4) is 0 Å². The highest BCUT2D eigenvalue weighted by molar-refractivity contribution is 6.34. The van der Waals surface area contributed by atoms with Crippen LogP contribution in [0.15, 0.2) is 43.5 Å². The number of carbonyl (C=O) groups excluding carboxylic acids is 4. The molecule has 0 saturated carbocycles. The number of ether oxygens (including phenoxy) is 2. The molecule has 10 nitrogen and oxygen atoms in total. The molecule has 4 rings (SSSR count). The lowest BCUT2D eigenvalue weighted by Crippen LogP contribution is -2.56. The molecule has 0 aliphatic carbocycles. The molecule has 1 aromatic rings. The molecule has 0 aromatic heterocycles. The molecule has 1 spiro atoms. The monoisotopic (exact) mass is 615 g/mol. The van der Waals surface area contributed by atoms with Gasteiger partial charge in [-0.2, -0.15) is 0 Å². The van der Waals surface area contributed by atoms with Crippen LogP contribution in [0.25, 0.3) is 0 Å². The number of unbranched alkanes of at least 4 members (excludes halogenated alkanes) is 1. The zero-order valence-corrected chi connectivity index (χ0v) is 25.7. The molecule has 3 fully saturated rings. The Bertz CT molecular complexity index is 1240. The lowest BCUT2D eigenvalue weighted by Gasteiger charge is -2.37. The normalized spacial score (nSPS) is 26.1. The number of halogens is 1. The van der Waals surface area contributed by atoms with Gasteiger partial charge < -0.3 is 29.7 Å². The molecule has 234 valence electrons. The summed E-state index contributed by atoms with van der Waals surface area (Å²) in [6, 6.07) is 4.37. The number of anilines is 1. The molecule has 0 unspecified atom stereocenters. The van der Waals surface area contributed by atoms with Crippen molar-refractivity contribution in [2.75, 3.05) is 31.1 Å². The number of allylic oxidation sites excluding steroid dienone is 1. The second-order valence-corrected chi connectivity index (χ2v) is 11.9. The zero-order valence-electron chi connectivity index (χ0n) is 24.9. The zero-order chi connectivity index (χ0) is 31.3. The van der Waals surface area contributed by atoms with Crippen LogP contribution < -0.4 is 10.2 Å². The van der Waals surface area contributed by atoms with E-state index in [1.54, 1.807) is 31.2 Å². The number of aliphatic hydroxyl groups excluding tert-OH is 1. The molecule has 43 heavy (non-hydrogen) atoms. The van der Waals surface area contributed by atoms with Crippen molar-refractivity contribution in [2.24, 2.45) is 11.8 Å². The number of likely N-dealkylation sites (tertiary alicyclic amines) is 1. The van der Waals surface area contributed by atoms with Crippen molar-refractivity contribution in [1.82, 2.24) is 10.2 Å². The number of rotatable bonds is 15. The number of benzene rings is 1. The summed E-state index contributed by atoms with van der Waals surface area (Å²) in [6.45, 7) is 11.4. The van der Waals surface area contributed by atoms with Gasteiger partial charge in [-0.3, -0.25) is 19.2 Å². The van der Waals surface area contributed by atoms with Gasteiger partial charge in [0.2, 0.25) is 11.8 Å². The fraction of sp³-hybridized carbons (Fsp3) is 0.562.